The SMILES string of the molecule is CN(C)CCC=C1c2ccccc2OCOc2ccc(Cl)cc21. The van der Waals surface area contributed by atoms with Crippen molar-refractivity contribution in [1.82, 2.24) is 4.90 Å². The van der Waals surface area contributed by atoms with E-state index in [0.29, 0.717) is 5.02 Å². The molecule has 0 radical (unpaired) electrons. The van der Waals surface area contributed by atoms with Crippen LogP contribution in [0, 0.1) is 0 Å². The molecule has 4 heteroatoms. The molecule has 2 aromatic rings. The lowest BCUT2D eigenvalue weighted by Gasteiger charge is -2.21. The molecule has 3 rings (SSSR count). The third-order valence-corrected chi connectivity index (χ3v) is 4.00. The molecule has 2 aromatic carbocycles. The highest BCUT2D eigenvalue weighted by molar-refractivity contribution is 6.30. The van der Waals surface area contributed by atoms with E-state index in [1.165, 1.54) is 0 Å². The van der Waals surface area contributed by atoms with E-state index in [1.54, 1.807) is 0 Å². The number of ether oxygens (including phenoxy) is 2. The Morgan fingerprint density at radius 3 is 2.57 bits per heavy atom. The molecule has 0 bridgehead atoms. The zero-order valence-electron chi connectivity index (χ0n) is 13.4. The number of halogens is 1. The van der Waals surface area contributed by atoms with Crippen LogP contribution in [-0.2, 0) is 0 Å². The molecular formula is C19H20ClNO2. The lowest BCUT2D eigenvalue weighted by atomic mass is 9.95. The Hall–Kier alpha value is -1.97. The summed E-state index contributed by atoms with van der Waals surface area (Å²) >= 11 is 6.23. The molecule has 0 aliphatic carbocycles. The van der Waals surface area contributed by atoms with Crippen LogP contribution in [0.15, 0.2) is 48.5 Å². The van der Waals surface area contributed by atoms with Gasteiger partial charge in [0.2, 0.25) is 6.79 Å². The summed E-state index contributed by atoms with van der Waals surface area (Å²) in [7, 11) is 4.14. The van der Waals surface area contributed by atoms with Gasteiger partial charge in [-0.2, -0.15) is 0 Å². The molecule has 120 valence electrons. The molecule has 1 aliphatic rings. The molecule has 0 spiro atoms. The van der Waals surface area contributed by atoms with Crippen molar-refractivity contribution < 1.29 is 9.47 Å². The number of nitrogens with zero attached hydrogens (tertiary/aromatic N) is 1. The standard InChI is InChI=1S/C19H20ClNO2/c1-21(2)11-5-7-15-16-6-3-4-8-18(16)22-13-23-19-10-9-14(20)12-17(15)19/h3-4,6-10,12H,5,11,13H2,1-2H3. The zero-order chi connectivity index (χ0) is 16.2. The summed E-state index contributed by atoms with van der Waals surface area (Å²) in [5, 5.41) is 0.699. The summed E-state index contributed by atoms with van der Waals surface area (Å²) in [6, 6.07) is 13.7. The lowest BCUT2D eigenvalue weighted by molar-refractivity contribution is 0.118. The molecule has 0 unspecified atom stereocenters. The Kier molecular flexibility index (Phi) is 4.89. The van der Waals surface area contributed by atoms with Gasteiger partial charge in [0, 0.05) is 22.7 Å². The summed E-state index contributed by atoms with van der Waals surface area (Å²) in [5.74, 6) is 1.62. The molecule has 23 heavy (non-hydrogen) atoms. The van der Waals surface area contributed by atoms with Gasteiger partial charge in [-0.25, -0.2) is 0 Å². The van der Waals surface area contributed by atoms with E-state index < -0.39 is 0 Å². The van der Waals surface area contributed by atoms with E-state index in [-0.39, 0.29) is 6.79 Å². The van der Waals surface area contributed by atoms with Crippen molar-refractivity contribution in [2.75, 3.05) is 27.4 Å². The van der Waals surface area contributed by atoms with Crippen molar-refractivity contribution in [1.29, 1.82) is 0 Å². The van der Waals surface area contributed by atoms with Crippen LogP contribution in [0.1, 0.15) is 17.5 Å². The van der Waals surface area contributed by atoms with E-state index in [2.05, 4.69) is 31.1 Å². The molecule has 0 amide bonds. The van der Waals surface area contributed by atoms with Gasteiger partial charge in [0.15, 0.2) is 0 Å². The highest BCUT2D eigenvalue weighted by Crippen LogP contribution is 2.39. The predicted octanol–water partition coefficient (Wildman–Crippen LogP) is 4.45. The molecule has 0 fully saturated rings. The second-order valence-electron chi connectivity index (χ2n) is 5.75. The Balaban J connectivity index is 2.11. The first-order valence-electron chi connectivity index (χ1n) is 7.65. The second kappa shape index (κ2) is 7.07. The van der Waals surface area contributed by atoms with Crippen molar-refractivity contribution in [3.63, 3.8) is 0 Å². The first-order valence-corrected chi connectivity index (χ1v) is 8.03. The summed E-state index contributed by atoms with van der Waals surface area (Å²) in [4.78, 5) is 2.16. The van der Waals surface area contributed by atoms with Gasteiger partial charge < -0.3 is 14.4 Å². The summed E-state index contributed by atoms with van der Waals surface area (Å²) in [6.45, 7) is 1.17. The average molecular weight is 330 g/mol. The first-order chi connectivity index (χ1) is 11.1. The molecule has 0 aromatic heterocycles. The van der Waals surface area contributed by atoms with Crippen molar-refractivity contribution in [3.8, 4) is 11.5 Å². The van der Waals surface area contributed by atoms with E-state index in [0.717, 1.165) is 41.2 Å². The van der Waals surface area contributed by atoms with Crippen LogP contribution >= 0.6 is 11.6 Å². The number of rotatable bonds is 3. The number of para-hydroxylation sites is 1. The highest BCUT2D eigenvalue weighted by Gasteiger charge is 2.18. The second-order valence-corrected chi connectivity index (χ2v) is 6.19. The normalized spacial score (nSPS) is 15.2. The maximum atomic E-state index is 6.23. The summed E-state index contributed by atoms with van der Waals surface area (Å²) < 4.78 is 11.5. The van der Waals surface area contributed by atoms with Gasteiger partial charge in [-0.3, -0.25) is 0 Å². The minimum absolute atomic E-state index is 0.191. The monoisotopic (exact) mass is 329 g/mol. The Morgan fingerprint density at radius 1 is 1.04 bits per heavy atom. The molecular weight excluding hydrogens is 310 g/mol. The van der Waals surface area contributed by atoms with Crippen LogP contribution in [0.5, 0.6) is 11.5 Å². The minimum Gasteiger partial charge on any atom is -0.457 e. The van der Waals surface area contributed by atoms with Gasteiger partial charge in [0.1, 0.15) is 11.5 Å². The molecule has 1 heterocycles. The largest absolute Gasteiger partial charge is 0.457 e. The first kappa shape index (κ1) is 15.9. The Morgan fingerprint density at radius 2 is 1.78 bits per heavy atom. The molecule has 0 atom stereocenters. The Bertz CT molecular complexity index is 725. The number of hydrogen-bond donors (Lipinski definition) is 0. The van der Waals surface area contributed by atoms with Crippen LogP contribution < -0.4 is 9.47 Å². The number of hydrogen-bond acceptors (Lipinski definition) is 3. The quantitative estimate of drug-likeness (QED) is 0.830. The third-order valence-electron chi connectivity index (χ3n) is 3.76. The zero-order valence-corrected chi connectivity index (χ0v) is 14.1. The van der Waals surface area contributed by atoms with Crippen LogP contribution in [-0.4, -0.2) is 32.3 Å². The van der Waals surface area contributed by atoms with Gasteiger partial charge in [-0.05, 0) is 50.4 Å². The van der Waals surface area contributed by atoms with Crippen LogP contribution in [0.2, 0.25) is 5.02 Å². The summed E-state index contributed by atoms with van der Waals surface area (Å²) in [6.07, 6.45) is 3.16. The van der Waals surface area contributed by atoms with E-state index >= 15 is 0 Å². The molecule has 3 nitrogen and oxygen atoms in total. The molecule has 0 N–H and O–H groups in total. The van der Waals surface area contributed by atoms with Crippen LogP contribution in [0.25, 0.3) is 5.57 Å². The van der Waals surface area contributed by atoms with Gasteiger partial charge in [-0.1, -0.05) is 35.9 Å². The maximum Gasteiger partial charge on any atom is 0.230 e. The topological polar surface area (TPSA) is 21.7 Å². The van der Waals surface area contributed by atoms with Crippen molar-refractivity contribution >= 4 is 17.2 Å². The number of benzene rings is 2. The van der Waals surface area contributed by atoms with Crippen LogP contribution in [0.3, 0.4) is 0 Å². The summed E-state index contributed by atoms with van der Waals surface area (Å²) in [5.41, 5.74) is 3.17. The predicted molar refractivity (Wildman–Crippen MR) is 94.3 cm³/mol. The lowest BCUT2D eigenvalue weighted by Crippen LogP contribution is -2.13. The van der Waals surface area contributed by atoms with Crippen LogP contribution in [0.4, 0.5) is 0 Å². The fourth-order valence-electron chi connectivity index (χ4n) is 2.64. The van der Waals surface area contributed by atoms with Gasteiger partial charge in [-0.15, -0.1) is 0 Å². The van der Waals surface area contributed by atoms with E-state index in [9.17, 15) is 0 Å². The fraction of sp³-hybridized carbons (Fsp3) is 0.263. The van der Waals surface area contributed by atoms with Gasteiger partial charge in [0.05, 0.1) is 0 Å². The van der Waals surface area contributed by atoms with Crippen molar-refractivity contribution in [2.45, 2.75) is 6.42 Å². The molecule has 0 saturated heterocycles. The minimum atomic E-state index is 0.191. The molecule has 1 aliphatic heterocycles. The van der Waals surface area contributed by atoms with Crippen molar-refractivity contribution in [3.05, 3.63) is 64.7 Å². The molecule has 0 saturated carbocycles. The fourth-order valence-corrected chi connectivity index (χ4v) is 2.81. The third kappa shape index (κ3) is 3.69. The van der Waals surface area contributed by atoms with E-state index in [1.807, 2.05) is 36.4 Å². The smallest absolute Gasteiger partial charge is 0.230 e. The van der Waals surface area contributed by atoms with Gasteiger partial charge >= 0.3 is 0 Å². The van der Waals surface area contributed by atoms with Crippen molar-refractivity contribution in [2.24, 2.45) is 0 Å². The number of fused-ring (bicyclic) bond motifs is 2. The van der Waals surface area contributed by atoms with E-state index in [4.69, 9.17) is 21.1 Å². The average Bonchev–Trinajstić information content (AvgIpc) is 2.52. The highest BCUT2D eigenvalue weighted by atomic mass is 35.5. The maximum absolute atomic E-state index is 6.23. The van der Waals surface area contributed by atoms with Gasteiger partial charge in [0.25, 0.3) is 0 Å². The Labute approximate surface area is 142 Å².